The molecule has 3 heteroatoms. The highest BCUT2D eigenvalue weighted by atomic mass is 16.6. The Hall–Kier alpha value is -0.275. The van der Waals surface area contributed by atoms with Gasteiger partial charge in [0.25, 0.3) is 0 Å². The lowest BCUT2D eigenvalue weighted by molar-refractivity contribution is 0.0789. The molecule has 1 saturated heterocycles. The topological polar surface area (TPSA) is 18.5 Å². The van der Waals surface area contributed by atoms with Crippen LogP contribution in [0.15, 0.2) is 12.7 Å². The molecule has 1 aliphatic heterocycles. The molecule has 0 aromatic carbocycles. The molecule has 0 atom stereocenters. The van der Waals surface area contributed by atoms with Crippen molar-refractivity contribution in [1.29, 1.82) is 0 Å². The van der Waals surface area contributed by atoms with Crippen LogP contribution in [0.4, 0.5) is 0 Å². The van der Waals surface area contributed by atoms with Gasteiger partial charge in [-0.3, -0.25) is 0 Å². The Balaban J connectivity index is 2.31. The maximum absolute atomic E-state index is 5.75. The second-order valence-corrected chi connectivity index (χ2v) is 3.81. The van der Waals surface area contributed by atoms with Crippen molar-refractivity contribution < 1.29 is 9.31 Å². The fourth-order valence-corrected chi connectivity index (χ4v) is 1.39. The maximum atomic E-state index is 5.75. The molecule has 0 radical (unpaired) electrons. The minimum atomic E-state index is -0.128. The largest absolute Gasteiger partial charge is 0.457 e. The standard InChI is InChI=1S/C9H17BO2/c1-4-6-9(2,3)12-10-7-5-8-11-10/h4H,1,5-8H2,2-3H3. The fourth-order valence-electron chi connectivity index (χ4n) is 1.39. The van der Waals surface area contributed by atoms with Gasteiger partial charge in [-0.2, -0.15) is 0 Å². The predicted molar refractivity (Wildman–Crippen MR) is 51.1 cm³/mol. The van der Waals surface area contributed by atoms with E-state index >= 15 is 0 Å². The molecule has 1 rings (SSSR count). The summed E-state index contributed by atoms with van der Waals surface area (Å²) in [6, 6.07) is 0. The van der Waals surface area contributed by atoms with Crippen molar-refractivity contribution in [2.24, 2.45) is 0 Å². The van der Waals surface area contributed by atoms with Crippen molar-refractivity contribution in [2.75, 3.05) is 6.61 Å². The van der Waals surface area contributed by atoms with E-state index in [-0.39, 0.29) is 12.7 Å². The summed E-state index contributed by atoms with van der Waals surface area (Å²) in [7, 11) is 0.0138. The molecule has 68 valence electrons. The fraction of sp³-hybridized carbons (Fsp3) is 0.778. The van der Waals surface area contributed by atoms with Gasteiger partial charge in [-0.25, -0.2) is 0 Å². The van der Waals surface area contributed by atoms with Crippen LogP contribution in [0, 0.1) is 0 Å². The average Bonchev–Trinajstić information content (AvgIpc) is 2.38. The van der Waals surface area contributed by atoms with E-state index in [1.54, 1.807) is 0 Å². The molecule has 0 aromatic heterocycles. The monoisotopic (exact) mass is 168 g/mol. The molecule has 0 spiro atoms. The third kappa shape index (κ3) is 2.99. The van der Waals surface area contributed by atoms with E-state index in [2.05, 4.69) is 20.4 Å². The van der Waals surface area contributed by atoms with Gasteiger partial charge in [-0.05, 0) is 33.0 Å². The van der Waals surface area contributed by atoms with Crippen molar-refractivity contribution >= 4 is 7.12 Å². The molecule has 1 fully saturated rings. The Bertz CT molecular complexity index is 151. The highest BCUT2D eigenvalue weighted by Gasteiger charge is 2.30. The van der Waals surface area contributed by atoms with Gasteiger partial charge in [0.1, 0.15) is 0 Å². The average molecular weight is 168 g/mol. The van der Waals surface area contributed by atoms with Gasteiger partial charge in [-0.1, -0.05) is 6.08 Å². The molecule has 2 nitrogen and oxygen atoms in total. The quantitative estimate of drug-likeness (QED) is 0.473. The molecule has 0 saturated carbocycles. The Morgan fingerprint density at radius 3 is 2.92 bits per heavy atom. The second kappa shape index (κ2) is 4.10. The van der Waals surface area contributed by atoms with Gasteiger partial charge in [0.15, 0.2) is 0 Å². The lowest BCUT2D eigenvalue weighted by atomic mass is 9.84. The van der Waals surface area contributed by atoms with E-state index < -0.39 is 0 Å². The van der Waals surface area contributed by atoms with E-state index in [4.69, 9.17) is 9.31 Å². The molecule has 0 bridgehead atoms. The summed E-state index contributed by atoms with van der Waals surface area (Å²) in [5.41, 5.74) is -0.128. The summed E-state index contributed by atoms with van der Waals surface area (Å²) < 4.78 is 11.1. The summed E-state index contributed by atoms with van der Waals surface area (Å²) >= 11 is 0. The Morgan fingerprint density at radius 1 is 1.67 bits per heavy atom. The van der Waals surface area contributed by atoms with Gasteiger partial charge in [0.05, 0.1) is 5.60 Å². The molecule has 0 aliphatic carbocycles. The molecule has 0 unspecified atom stereocenters. The molecular weight excluding hydrogens is 151 g/mol. The zero-order valence-electron chi connectivity index (χ0n) is 8.01. The van der Waals surface area contributed by atoms with Crippen LogP contribution in [0.25, 0.3) is 0 Å². The van der Waals surface area contributed by atoms with Gasteiger partial charge >= 0.3 is 7.12 Å². The van der Waals surface area contributed by atoms with Gasteiger partial charge in [0.2, 0.25) is 0 Å². The molecular formula is C9H17BO2. The first-order chi connectivity index (χ1) is 5.64. The lowest BCUT2D eigenvalue weighted by Gasteiger charge is -2.26. The van der Waals surface area contributed by atoms with E-state index in [0.717, 1.165) is 25.8 Å². The summed E-state index contributed by atoms with van der Waals surface area (Å²) in [5, 5.41) is 0. The zero-order chi connectivity index (χ0) is 9.03. The SMILES string of the molecule is C=CCC(C)(C)OB1CCCO1. The summed E-state index contributed by atoms with van der Waals surface area (Å²) in [6.07, 6.45) is 4.90. The van der Waals surface area contributed by atoms with Crippen molar-refractivity contribution in [2.45, 2.75) is 38.6 Å². The van der Waals surface area contributed by atoms with E-state index in [1.165, 1.54) is 0 Å². The first-order valence-electron chi connectivity index (χ1n) is 4.54. The van der Waals surface area contributed by atoms with Crippen LogP contribution in [0.1, 0.15) is 26.7 Å². The number of rotatable bonds is 4. The highest BCUT2D eigenvalue weighted by Crippen LogP contribution is 2.21. The molecule has 12 heavy (non-hydrogen) atoms. The number of hydrogen-bond donors (Lipinski definition) is 0. The van der Waals surface area contributed by atoms with Crippen molar-refractivity contribution in [3.8, 4) is 0 Å². The van der Waals surface area contributed by atoms with Crippen LogP contribution in [-0.4, -0.2) is 19.3 Å². The third-order valence-electron chi connectivity index (χ3n) is 1.97. The summed E-state index contributed by atoms with van der Waals surface area (Å²) in [4.78, 5) is 0. The Kier molecular flexibility index (Phi) is 3.35. The first-order valence-corrected chi connectivity index (χ1v) is 4.54. The van der Waals surface area contributed by atoms with Crippen LogP contribution in [0.5, 0.6) is 0 Å². The Labute approximate surface area is 75.1 Å². The second-order valence-electron chi connectivity index (χ2n) is 3.81. The lowest BCUT2D eigenvalue weighted by Crippen LogP contribution is -2.32. The minimum Gasteiger partial charge on any atom is -0.411 e. The first kappa shape index (κ1) is 9.81. The van der Waals surface area contributed by atoms with Crippen LogP contribution < -0.4 is 0 Å². The van der Waals surface area contributed by atoms with E-state index in [9.17, 15) is 0 Å². The van der Waals surface area contributed by atoms with E-state index in [0.29, 0.717) is 0 Å². The zero-order valence-corrected chi connectivity index (χ0v) is 8.01. The Morgan fingerprint density at radius 2 is 2.42 bits per heavy atom. The van der Waals surface area contributed by atoms with Gasteiger partial charge < -0.3 is 9.31 Å². The third-order valence-corrected chi connectivity index (χ3v) is 1.97. The van der Waals surface area contributed by atoms with E-state index in [1.807, 2.05) is 6.08 Å². The molecule has 0 N–H and O–H groups in total. The maximum Gasteiger partial charge on any atom is 0.457 e. The molecule has 0 aromatic rings. The van der Waals surface area contributed by atoms with Crippen LogP contribution in [0.2, 0.25) is 6.32 Å². The van der Waals surface area contributed by atoms with Crippen molar-refractivity contribution in [3.05, 3.63) is 12.7 Å². The van der Waals surface area contributed by atoms with Crippen LogP contribution >= 0.6 is 0 Å². The molecule has 1 aliphatic rings. The summed E-state index contributed by atoms with van der Waals surface area (Å²) in [6.45, 7) is 8.67. The highest BCUT2D eigenvalue weighted by molar-refractivity contribution is 6.45. The summed E-state index contributed by atoms with van der Waals surface area (Å²) in [5.74, 6) is 0. The smallest absolute Gasteiger partial charge is 0.411 e. The number of hydrogen-bond acceptors (Lipinski definition) is 2. The van der Waals surface area contributed by atoms with Crippen LogP contribution in [-0.2, 0) is 9.31 Å². The van der Waals surface area contributed by atoms with Gasteiger partial charge in [-0.15, -0.1) is 6.58 Å². The van der Waals surface area contributed by atoms with Crippen LogP contribution in [0.3, 0.4) is 0 Å². The normalized spacial score (nSPS) is 18.3. The molecule has 0 amide bonds. The minimum absolute atomic E-state index is 0.0138. The van der Waals surface area contributed by atoms with Gasteiger partial charge in [0, 0.05) is 6.61 Å². The predicted octanol–water partition coefficient (Wildman–Crippen LogP) is 2.27. The van der Waals surface area contributed by atoms with Crippen molar-refractivity contribution in [1.82, 2.24) is 0 Å². The molecule has 1 heterocycles. The van der Waals surface area contributed by atoms with Crippen molar-refractivity contribution in [3.63, 3.8) is 0 Å².